The van der Waals surface area contributed by atoms with Gasteiger partial charge in [-0.05, 0) is 33.9 Å². The van der Waals surface area contributed by atoms with Crippen LogP contribution in [0.3, 0.4) is 0 Å². The number of aryl methyl sites for hydroxylation is 1. The van der Waals surface area contributed by atoms with Crippen molar-refractivity contribution in [2.24, 2.45) is 0 Å². The number of nitrogens with zero attached hydrogens (tertiary/aromatic N) is 2. The fourth-order valence-electron chi connectivity index (χ4n) is 1.69. The fraction of sp³-hybridized carbons (Fsp3) is 0.769. The molecule has 0 bridgehead atoms. The Morgan fingerprint density at radius 1 is 1.41 bits per heavy atom. The van der Waals surface area contributed by atoms with Gasteiger partial charge in [0.05, 0.1) is 10.7 Å². The maximum absolute atomic E-state index is 4.50. The molecule has 0 saturated carbocycles. The molecule has 0 aromatic carbocycles. The molecule has 0 radical (unpaired) electrons. The van der Waals surface area contributed by atoms with Gasteiger partial charge in [0.2, 0.25) is 0 Å². The van der Waals surface area contributed by atoms with Crippen molar-refractivity contribution in [3.63, 3.8) is 0 Å². The van der Waals surface area contributed by atoms with Gasteiger partial charge in [0.25, 0.3) is 0 Å². The average Bonchev–Trinajstić information content (AvgIpc) is 2.63. The molecule has 98 valence electrons. The summed E-state index contributed by atoms with van der Waals surface area (Å²) >= 11 is 1.73. The van der Waals surface area contributed by atoms with Gasteiger partial charge in [0.1, 0.15) is 0 Å². The van der Waals surface area contributed by atoms with Crippen LogP contribution in [-0.4, -0.2) is 35.6 Å². The first-order valence-electron chi connectivity index (χ1n) is 6.33. The van der Waals surface area contributed by atoms with Gasteiger partial charge in [-0.3, -0.25) is 4.90 Å². The van der Waals surface area contributed by atoms with Crippen molar-refractivity contribution in [3.05, 3.63) is 16.1 Å². The van der Waals surface area contributed by atoms with Crippen LogP contribution in [0.15, 0.2) is 5.38 Å². The SMILES string of the molecule is Cc1nc(CN(C)C(C)CCNC(C)C)cs1. The Labute approximate surface area is 109 Å². The van der Waals surface area contributed by atoms with E-state index < -0.39 is 0 Å². The van der Waals surface area contributed by atoms with Crippen LogP contribution in [0.25, 0.3) is 0 Å². The van der Waals surface area contributed by atoms with E-state index in [2.05, 4.69) is 55.3 Å². The van der Waals surface area contributed by atoms with Crippen molar-refractivity contribution in [2.45, 2.75) is 52.7 Å². The first-order valence-corrected chi connectivity index (χ1v) is 7.21. The quantitative estimate of drug-likeness (QED) is 0.812. The highest BCUT2D eigenvalue weighted by Gasteiger charge is 2.10. The molecular formula is C13H25N3S. The zero-order valence-corrected chi connectivity index (χ0v) is 12.5. The molecule has 1 heterocycles. The van der Waals surface area contributed by atoms with Crippen LogP contribution in [-0.2, 0) is 6.54 Å². The van der Waals surface area contributed by atoms with Crippen molar-refractivity contribution in [3.8, 4) is 0 Å². The molecule has 3 nitrogen and oxygen atoms in total. The topological polar surface area (TPSA) is 28.2 Å². The normalized spacial score (nSPS) is 13.6. The summed E-state index contributed by atoms with van der Waals surface area (Å²) in [5.74, 6) is 0. The molecular weight excluding hydrogens is 230 g/mol. The lowest BCUT2D eigenvalue weighted by molar-refractivity contribution is 0.233. The molecule has 1 N–H and O–H groups in total. The smallest absolute Gasteiger partial charge is 0.0897 e. The largest absolute Gasteiger partial charge is 0.314 e. The van der Waals surface area contributed by atoms with Gasteiger partial charge in [0, 0.05) is 24.0 Å². The molecule has 1 aromatic rings. The Morgan fingerprint density at radius 2 is 2.12 bits per heavy atom. The zero-order chi connectivity index (χ0) is 12.8. The van der Waals surface area contributed by atoms with Crippen LogP contribution in [0.1, 0.15) is 37.9 Å². The van der Waals surface area contributed by atoms with Gasteiger partial charge in [-0.1, -0.05) is 13.8 Å². The number of thiazole rings is 1. The Kier molecular flexibility index (Phi) is 6.09. The lowest BCUT2D eigenvalue weighted by atomic mass is 10.2. The van der Waals surface area contributed by atoms with Crippen molar-refractivity contribution >= 4 is 11.3 Å². The summed E-state index contributed by atoms with van der Waals surface area (Å²) in [6.07, 6.45) is 1.18. The lowest BCUT2D eigenvalue weighted by Gasteiger charge is -2.24. The molecule has 0 aliphatic rings. The monoisotopic (exact) mass is 255 g/mol. The standard InChI is InChI=1S/C13H25N3S/c1-10(2)14-7-6-11(3)16(5)8-13-9-17-12(4)15-13/h9-11,14H,6-8H2,1-5H3. The molecule has 1 aromatic heterocycles. The molecule has 1 atom stereocenters. The van der Waals surface area contributed by atoms with E-state index in [0.29, 0.717) is 12.1 Å². The van der Waals surface area contributed by atoms with Crippen LogP contribution in [0, 0.1) is 6.92 Å². The van der Waals surface area contributed by atoms with E-state index in [1.165, 1.54) is 12.1 Å². The van der Waals surface area contributed by atoms with E-state index >= 15 is 0 Å². The minimum absolute atomic E-state index is 0.577. The van der Waals surface area contributed by atoms with Crippen molar-refractivity contribution in [1.82, 2.24) is 15.2 Å². The first-order chi connectivity index (χ1) is 7.99. The van der Waals surface area contributed by atoms with Crippen LogP contribution in [0.2, 0.25) is 0 Å². The number of aromatic nitrogens is 1. The van der Waals surface area contributed by atoms with Gasteiger partial charge >= 0.3 is 0 Å². The second kappa shape index (κ2) is 7.09. The molecule has 17 heavy (non-hydrogen) atoms. The van der Waals surface area contributed by atoms with Crippen LogP contribution in [0.4, 0.5) is 0 Å². The van der Waals surface area contributed by atoms with Crippen molar-refractivity contribution in [2.75, 3.05) is 13.6 Å². The minimum Gasteiger partial charge on any atom is -0.314 e. The Bertz CT molecular complexity index is 322. The molecule has 0 spiro atoms. The van der Waals surface area contributed by atoms with E-state index in [-0.39, 0.29) is 0 Å². The summed E-state index contributed by atoms with van der Waals surface area (Å²) in [5, 5.41) is 6.77. The summed E-state index contributed by atoms with van der Waals surface area (Å²) in [5.41, 5.74) is 1.19. The minimum atomic E-state index is 0.577. The Hall–Kier alpha value is -0.450. The first kappa shape index (κ1) is 14.6. The average molecular weight is 255 g/mol. The van der Waals surface area contributed by atoms with Gasteiger partial charge in [-0.15, -0.1) is 11.3 Å². The molecule has 0 amide bonds. The third-order valence-electron chi connectivity index (χ3n) is 2.95. The molecule has 0 saturated heterocycles. The summed E-state index contributed by atoms with van der Waals surface area (Å²) < 4.78 is 0. The molecule has 4 heteroatoms. The third-order valence-corrected chi connectivity index (χ3v) is 3.77. The molecule has 1 rings (SSSR count). The molecule has 0 aliphatic heterocycles. The van der Waals surface area contributed by atoms with Gasteiger partial charge in [-0.2, -0.15) is 0 Å². The highest BCUT2D eigenvalue weighted by molar-refractivity contribution is 7.09. The molecule has 0 fully saturated rings. The maximum Gasteiger partial charge on any atom is 0.0897 e. The van der Waals surface area contributed by atoms with E-state index in [0.717, 1.165) is 18.1 Å². The highest BCUT2D eigenvalue weighted by Crippen LogP contribution is 2.12. The van der Waals surface area contributed by atoms with Crippen LogP contribution < -0.4 is 5.32 Å². The summed E-state index contributed by atoms with van der Waals surface area (Å²) in [7, 11) is 2.18. The second-order valence-electron chi connectivity index (χ2n) is 5.02. The Balaban J connectivity index is 2.29. The predicted octanol–water partition coefficient (Wildman–Crippen LogP) is 2.66. The van der Waals surface area contributed by atoms with E-state index in [4.69, 9.17) is 0 Å². The van der Waals surface area contributed by atoms with E-state index in [9.17, 15) is 0 Å². The number of rotatable bonds is 7. The predicted molar refractivity (Wildman–Crippen MR) is 75.5 cm³/mol. The van der Waals surface area contributed by atoms with Gasteiger partial charge in [0.15, 0.2) is 0 Å². The molecule has 1 unspecified atom stereocenters. The lowest BCUT2D eigenvalue weighted by Crippen LogP contribution is -2.33. The highest BCUT2D eigenvalue weighted by atomic mass is 32.1. The van der Waals surface area contributed by atoms with E-state index in [1.807, 2.05) is 0 Å². The number of nitrogens with one attached hydrogen (secondary N) is 1. The summed E-state index contributed by atoms with van der Waals surface area (Å²) in [4.78, 5) is 6.87. The maximum atomic E-state index is 4.50. The zero-order valence-electron chi connectivity index (χ0n) is 11.7. The van der Waals surface area contributed by atoms with Gasteiger partial charge in [-0.25, -0.2) is 4.98 Å². The van der Waals surface area contributed by atoms with Crippen molar-refractivity contribution < 1.29 is 0 Å². The summed E-state index contributed by atoms with van der Waals surface area (Å²) in [6, 6.07) is 1.16. The van der Waals surface area contributed by atoms with E-state index in [1.54, 1.807) is 11.3 Å². The number of hydrogen-bond acceptors (Lipinski definition) is 4. The van der Waals surface area contributed by atoms with Crippen LogP contribution >= 0.6 is 11.3 Å². The second-order valence-corrected chi connectivity index (χ2v) is 6.08. The third kappa shape index (κ3) is 5.61. The fourth-order valence-corrected chi connectivity index (χ4v) is 2.30. The summed E-state index contributed by atoms with van der Waals surface area (Å²) in [6.45, 7) is 10.7. The molecule has 0 aliphatic carbocycles. The Morgan fingerprint density at radius 3 is 2.65 bits per heavy atom. The van der Waals surface area contributed by atoms with Crippen molar-refractivity contribution in [1.29, 1.82) is 0 Å². The van der Waals surface area contributed by atoms with Gasteiger partial charge < -0.3 is 5.32 Å². The number of hydrogen-bond donors (Lipinski definition) is 1. The van der Waals surface area contributed by atoms with Crippen LogP contribution in [0.5, 0.6) is 0 Å².